The van der Waals surface area contributed by atoms with E-state index in [-0.39, 0.29) is 12.2 Å². The molecule has 0 bridgehead atoms. The minimum absolute atomic E-state index is 0.0996. The molecule has 0 saturated heterocycles. The highest BCUT2D eigenvalue weighted by Gasteiger charge is 2.16. The molecule has 0 unspecified atom stereocenters. The number of carbonyl (C=O) groups excluding carboxylic acids is 1. The van der Waals surface area contributed by atoms with Gasteiger partial charge in [0.2, 0.25) is 0 Å². The lowest BCUT2D eigenvalue weighted by atomic mass is 10.0. The second-order valence-corrected chi connectivity index (χ2v) is 7.66. The van der Waals surface area contributed by atoms with Gasteiger partial charge in [0.25, 0.3) is 5.56 Å². The van der Waals surface area contributed by atoms with E-state index < -0.39 is 5.97 Å². The van der Waals surface area contributed by atoms with Gasteiger partial charge in [0.1, 0.15) is 12.4 Å². The van der Waals surface area contributed by atoms with Gasteiger partial charge >= 0.3 is 5.97 Å². The van der Waals surface area contributed by atoms with Gasteiger partial charge in [0, 0.05) is 22.7 Å². The van der Waals surface area contributed by atoms with Crippen molar-refractivity contribution < 1.29 is 14.3 Å². The van der Waals surface area contributed by atoms with Gasteiger partial charge in [-0.15, -0.1) is 11.3 Å². The number of ether oxygens (including phenoxy) is 2. The highest BCUT2D eigenvalue weighted by atomic mass is 32.1. The summed E-state index contributed by atoms with van der Waals surface area (Å²) in [7, 11) is 1.58. The Morgan fingerprint density at radius 3 is 2.65 bits per heavy atom. The Morgan fingerprint density at radius 2 is 1.87 bits per heavy atom. The van der Waals surface area contributed by atoms with Gasteiger partial charge in [-0.25, -0.2) is 9.78 Å². The molecule has 0 amide bonds. The summed E-state index contributed by atoms with van der Waals surface area (Å²) in [5.41, 5.74) is 2.90. The van der Waals surface area contributed by atoms with E-state index in [1.807, 2.05) is 66.9 Å². The number of esters is 1. The van der Waals surface area contributed by atoms with Crippen LogP contribution in [0.5, 0.6) is 5.75 Å². The Bertz CT molecular complexity index is 1320. The summed E-state index contributed by atoms with van der Waals surface area (Å²) in [5, 5.41) is 1.86. The molecule has 0 aliphatic rings. The van der Waals surface area contributed by atoms with Crippen LogP contribution < -0.4 is 10.3 Å². The molecular formula is C24H20N2O4S. The lowest BCUT2D eigenvalue weighted by molar-refractivity contribution is -0.137. The third kappa shape index (κ3) is 4.41. The van der Waals surface area contributed by atoms with Gasteiger partial charge in [-0.1, -0.05) is 48.5 Å². The number of nitrogens with zero attached hydrogens (tertiary/aromatic N) is 2. The molecule has 4 aromatic rings. The van der Waals surface area contributed by atoms with E-state index in [0.717, 1.165) is 16.8 Å². The number of fused-ring (bicyclic) bond motifs is 1. The second-order valence-electron chi connectivity index (χ2n) is 6.82. The van der Waals surface area contributed by atoms with E-state index in [0.29, 0.717) is 22.0 Å². The Kier molecular flexibility index (Phi) is 5.95. The molecule has 2 aromatic carbocycles. The number of aromatic nitrogens is 2. The summed E-state index contributed by atoms with van der Waals surface area (Å²) in [6.07, 6.45) is 1.74. The van der Waals surface area contributed by atoms with Gasteiger partial charge in [-0.3, -0.25) is 9.20 Å². The molecule has 6 nitrogen and oxygen atoms in total. The van der Waals surface area contributed by atoms with Crippen LogP contribution in [0.3, 0.4) is 0 Å². The van der Waals surface area contributed by atoms with Crippen LogP contribution in [0.15, 0.2) is 70.8 Å². The zero-order valence-corrected chi connectivity index (χ0v) is 17.9. The fourth-order valence-corrected chi connectivity index (χ4v) is 4.10. The summed E-state index contributed by atoms with van der Waals surface area (Å²) in [6.45, 7) is 1.75. The lowest BCUT2D eigenvalue weighted by Gasteiger charge is -2.10. The molecule has 2 aromatic heterocycles. The third-order valence-corrected chi connectivity index (χ3v) is 5.67. The van der Waals surface area contributed by atoms with Crippen LogP contribution in [0, 0.1) is 6.92 Å². The maximum Gasteiger partial charge on any atom is 0.339 e. The molecule has 0 radical (unpaired) electrons. The van der Waals surface area contributed by atoms with Crippen LogP contribution in [0.2, 0.25) is 0 Å². The van der Waals surface area contributed by atoms with Crippen molar-refractivity contribution in [2.45, 2.75) is 13.5 Å². The van der Waals surface area contributed by atoms with Gasteiger partial charge in [-0.2, -0.15) is 0 Å². The first-order chi connectivity index (χ1) is 15.1. The normalized spacial score (nSPS) is 11.5. The zero-order valence-electron chi connectivity index (χ0n) is 17.1. The summed E-state index contributed by atoms with van der Waals surface area (Å²) in [4.78, 5) is 30.4. The Morgan fingerprint density at radius 1 is 1.13 bits per heavy atom. The summed E-state index contributed by atoms with van der Waals surface area (Å²) >= 11 is 1.37. The minimum atomic E-state index is -0.513. The molecule has 31 heavy (non-hydrogen) atoms. The average molecular weight is 433 g/mol. The monoisotopic (exact) mass is 432 g/mol. The molecule has 2 heterocycles. The number of thiazole rings is 1. The van der Waals surface area contributed by atoms with Crippen molar-refractivity contribution >= 4 is 33.9 Å². The standard InChI is InChI=1S/C24H20N2O4S/c1-16-15-31-24-25-19(13-22(27)26(16)24)14-30-23(28)20(17-8-4-3-5-9-17)12-18-10-6-7-11-21(18)29-2/h3-13,15H,14H2,1-2H3/b20-12+. The molecule has 0 spiro atoms. The lowest BCUT2D eigenvalue weighted by Crippen LogP contribution is -2.16. The van der Waals surface area contributed by atoms with E-state index in [2.05, 4.69) is 4.98 Å². The second kappa shape index (κ2) is 8.97. The quantitative estimate of drug-likeness (QED) is 0.257. The van der Waals surface area contributed by atoms with Crippen molar-refractivity contribution in [3.63, 3.8) is 0 Å². The number of rotatable bonds is 6. The average Bonchev–Trinajstić information content (AvgIpc) is 3.17. The van der Waals surface area contributed by atoms with E-state index in [9.17, 15) is 9.59 Å². The van der Waals surface area contributed by atoms with Crippen molar-refractivity contribution in [2.24, 2.45) is 0 Å². The first-order valence-electron chi connectivity index (χ1n) is 9.61. The smallest absolute Gasteiger partial charge is 0.339 e. The molecule has 4 rings (SSSR count). The van der Waals surface area contributed by atoms with Crippen LogP contribution in [-0.4, -0.2) is 22.5 Å². The maximum absolute atomic E-state index is 13.0. The molecule has 0 aliphatic carbocycles. The Labute approximate surface area is 183 Å². The van der Waals surface area contributed by atoms with E-state index in [4.69, 9.17) is 9.47 Å². The highest BCUT2D eigenvalue weighted by molar-refractivity contribution is 7.15. The Hall–Kier alpha value is -3.71. The SMILES string of the molecule is COc1ccccc1/C=C(/C(=O)OCc1cc(=O)n2c(C)csc2n1)c1ccccc1. The molecule has 0 N–H and O–H groups in total. The topological polar surface area (TPSA) is 69.9 Å². The van der Waals surface area contributed by atoms with Crippen molar-refractivity contribution in [3.8, 4) is 5.75 Å². The van der Waals surface area contributed by atoms with Crippen LogP contribution in [0.25, 0.3) is 16.6 Å². The van der Waals surface area contributed by atoms with Crippen LogP contribution in [-0.2, 0) is 16.1 Å². The van der Waals surface area contributed by atoms with Crippen molar-refractivity contribution in [2.75, 3.05) is 7.11 Å². The largest absolute Gasteiger partial charge is 0.496 e. The molecule has 0 aliphatic heterocycles. The molecule has 156 valence electrons. The summed E-state index contributed by atoms with van der Waals surface area (Å²) in [5.74, 6) is 0.137. The number of methoxy groups -OCH3 is 1. The van der Waals surface area contributed by atoms with Crippen LogP contribution >= 0.6 is 11.3 Å². The number of aryl methyl sites for hydroxylation is 1. The van der Waals surface area contributed by atoms with Crippen molar-refractivity contribution in [1.29, 1.82) is 0 Å². The van der Waals surface area contributed by atoms with E-state index >= 15 is 0 Å². The molecule has 0 fully saturated rings. The number of hydrogen-bond donors (Lipinski definition) is 0. The summed E-state index contributed by atoms with van der Waals surface area (Å²) < 4.78 is 12.5. The molecule has 0 saturated carbocycles. The number of hydrogen-bond acceptors (Lipinski definition) is 6. The predicted molar refractivity (Wildman–Crippen MR) is 121 cm³/mol. The van der Waals surface area contributed by atoms with E-state index in [1.165, 1.54) is 21.8 Å². The van der Waals surface area contributed by atoms with Crippen LogP contribution in [0.4, 0.5) is 0 Å². The van der Waals surface area contributed by atoms with Gasteiger partial charge in [0.15, 0.2) is 4.96 Å². The minimum Gasteiger partial charge on any atom is -0.496 e. The number of para-hydroxylation sites is 1. The molecule has 7 heteroatoms. The Balaban J connectivity index is 1.64. The highest BCUT2D eigenvalue weighted by Crippen LogP contribution is 2.25. The van der Waals surface area contributed by atoms with Crippen LogP contribution in [0.1, 0.15) is 22.5 Å². The van der Waals surface area contributed by atoms with Gasteiger partial charge in [0.05, 0.1) is 18.4 Å². The molecular weight excluding hydrogens is 412 g/mol. The molecule has 0 atom stereocenters. The number of carbonyl (C=O) groups is 1. The number of benzene rings is 2. The first-order valence-corrected chi connectivity index (χ1v) is 10.5. The van der Waals surface area contributed by atoms with Crippen molar-refractivity contribution in [1.82, 2.24) is 9.38 Å². The fraction of sp³-hybridized carbons (Fsp3) is 0.125. The predicted octanol–water partition coefficient (Wildman–Crippen LogP) is 4.36. The zero-order chi connectivity index (χ0) is 21.8. The first kappa shape index (κ1) is 20.6. The van der Waals surface area contributed by atoms with Gasteiger partial charge in [-0.05, 0) is 24.6 Å². The van der Waals surface area contributed by atoms with Gasteiger partial charge < -0.3 is 9.47 Å². The van der Waals surface area contributed by atoms with Crippen molar-refractivity contribution in [3.05, 3.63) is 98.9 Å². The maximum atomic E-state index is 13.0. The third-order valence-electron chi connectivity index (χ3n) is 4.72. The van der Waals surface area contributed by atoms with E-state index in [1.54, 1.807) is 13.2 Å². The fourth-order valence-electron chi connectivity index (χ4n) is 3.21. The summed E-state index contributed by atoms with van der Waals surface area (Å²) in [6, 6.07) is 18.1.